The number of fused-ring (bicyclic) bond motifs is 1. The SMILES string of the molecule is CCOC(=O)c1cnn(-c2nnc(-c3ccccc3)c3ccccc23)c1N=CN(C)C. The van der Waals surface area contributed by atoms with Gasteiger partial charge in [0.25, 0.3) is 0 Å². The summed E-state index contributed by atoms with van der Waals surface area (Å²) < 4.78 is 6.70. The molecule has 2 aromatic carbocycles. The second-order valence-electron chi connectivity index (χ2n) is 7.01. The lowest BCUT2D eigenvalue weighted by molar-refractivity contribution is 0.0527. The van der Waals surface area contributed by atoms with Crippen molar-refractivity contribution in [3.63, 3.8) is 0 Å². The molecule has 0 N–H and O–H groups in total. The van der Waals surface area contributed by atoms with E-state index in [9.17, 15) is 4.79 Å². The smallest absolute Gasteiger partial charge is 0.343 e. The number of aromatic nitrogens is 4. The van der Waals surface area contributed by atoms with Crippen LogP contribution in [0.5, 0.6) is 0 Å². The molecule has 0 aliphatic carbocycles. The Morgan fingerprint density at radius 1 is 1.06 bits per heavy atom. The van der Waals surface area contributed by atoms with Gasteiger partial charge in [0.15, 0.2) is 11.6 Å². The predicted octanol–water partition coefficient (Wildman–Crippen LogP) is 3.88. The Kier molecular flexibility index (Phi) is 5.70. The van der Waals surface area contributed by atoms with Crippen LogP contribution in [0.2, 0.25) is 0 Å². The summed E-state index contributed by atoms with van der Waals surface area (Å²) >= 11 is 0. The Morgan fingerprint density at radius 2 is 1.77 bits per heavy atom. The molecular formula is C23H22N6O2. The first-order chi connectivity index (χ1) is 15.1. The Labute approximate surface area is 179 Å². The highest BCUT2D eigenvalue weighted by Gasteiger charge is 2.22. The van der Waals surface area contributed by atoms with Crippen molar-refractivity contribution in [1.82, 2.24) is 24.9 Å². The van der Waals surface area contributed by atoms with Crippen molar-refractivity contribution in [3.8, 4) is 17.1 Å². The van der Waals surface area contributed by atoms with Crippen molar-refractivity contribution in [2.75, 3.05) is 20.7 Å². The average Bonchev–Trinajstić information content (AvgIpc) is 3.21. The molecule has 31 heavy (non-hydrogen) atoms. The number of esters is 1. The van der Waals surface area contributed by atoms with Crippen LogP contribution in [-0.4, -0.2) is 57.9 Å². The predicted molar refractivity (Wildman–Crippen MR) is 120 cm³/mol. The average molecular weight is 414 g/mol. The number of hydrogen-bond acceptors (Lipinski definition) is 6. The number of carbonyl (C=O) groups excluding carboxylic acids is 1. The maximum absolute atomic E-state index is 12.5. The van der Waals surface area contributed by atoms with Gasteiger partial charge in [0.1, 0.15) is 11.3 Å². The third-order valence-corrected chi connectivity index (χ3v) is 4.57. The quantitative estimate of drug-likeness (QED) is 0.270. The number of carbonyl (C=O) groups is 1. The van der Waals surface area contributed by atoms with Crippen molar-refractivity contribution in [2.45, 2.75) is 6.92 Å². The van der Waals surface area contributed by atoms with Gasteiger partial charge in [-0.15, -0.1) is 10.2 Å². The van der Waals surface area contributed by atoms with E-state index in [0.717, 1.165) is 22.0 Å². The van der Waals surface area contributed by atoms with E-state index in [0.29, 0.717) is 11.6 Å². The van der Waals surface area contributed by atoms with Gasteiger partial charge in [-0.05, 0) is 6.92 Å². The lowest BCUT2D eigenvalue weighted by Crippen LogP contribution is -2.10. The molecule has 0 aliphatic heterocycles. The minimum absolute atomic E-state index is 0.259. The van der Waals surface area contributed by atoms with Gasteiger partial charge in [-0.1, -0.05) is 54.6 Å². The Morgan fingerprint density at radius 3 is 2.48 bits per heavy atom. The largest absolute Gasteiger partial charge is 0.462 e. The number of aliphatic imine (C=N–C) groups is 1. The molecule has 4 aromatic rings. The molecule has 0 radical (unpaired) electrons. The van der Waals surface area contributed by atoms with Gasteiger partial charge in [-0.25, -0.2) is 9.79 Å². The highest BCUT2D eigenvalue weighted by Crippen LogP contribution is 2.31. The van der Waals surface area contributed by atoms with E-state index in [1.165, 1.54) is 10.9 Å². The second kappa shape index (κ2) is 8.74. The molecule has 0 unspecified atom stereocenters. The first-order valence-corrected chi connectivity index (χ1v) is 9.87. The van der Waals surface area contributed by atoms with Crippen LogP contribution in [-0.2, 0) is 4.74 Å². The van der Waals surface area contributed by atoms with Crippen molar-refractivity contribution < 1.29 is 9.53 Å². The summed E-state index contributed by atoms with van der Waals surface area (Å²) in [7, 11) is 3.69. The summed E-state index contributed by atoms with van der Waals surface area (Å²) in [4.78, 5) is 18.7. The van der Waals surface area contributed by atoms with E-state index in [1.54, 1.807) is 18.2 Å². The minimum Gasteiger partial charge on any atom is -0.462 e. The number of nitrogens with zero attached hydrogens (tertiary/aromatic N) is 6. The van der Waals surface area contributed by atoms with Crippen molar-refractivity contribution in [2.24, 2.45) is 4.99 Å². The van der Waals surface area contributed by atoms with Crippen LogP contribution >= 0.6 is 0 Å². The minimum atomic E-state index is -0.488. The zero-order chi connectivity index (χ0) is 21.8. The number of benzene rings is 2. The first-order valence-electron chi connectivity index (χ1n) is 9.87. The summed E-state index contributed by atoms with van der Waals surface area (Å²) in [5, 5.41) is 15.1. The van der Waals surface area contributed by atoms with E-state index in [4.69, 9.17) is 4.74 Å². The molecular weight excluding hydrogens is 392 g/mol. The van der Waals surface area contributed by atoms with Gasteiger partial charge in [-0.3, -0.25) is 0 Å². The maximum Gasteiger partial charge on any atom is 0.343 e. The number of ether oxygens (including phenoxy) is 1. The highest BCUT2D eigenvalue weighted by molar-refractivity contribution is 5.99. The third-order valence-electron chi connectivity index (χ3n) is 4.57. The fraction of sp³-hybridized carbons (Fsp3) is 0.174. The van der Waals surface area contributed by atoms with Gasteiger partial charge in [-0.2, -0.15) is 9.78 Å². The summed E-state index contributed by atoms with van der Waals surface area (Å²) in [6.07, 6.45) is 3.05. The second-order valence-corrected chi connectivity index (χ2v) is 7.01. The van der Waals surface area contributed by atoms with Crippen LogP contribution in [0, 0.1) is 0 Å². The normalized spacial score (nSPS) is 11.2. The van der Waals surface area contributed by atoms with Crippen LogP contribution in [0.3, 0.4) is 0 Å². The molecule has 2 aromatic heterocycles. The van der Waals surface area contributed by atoms with Crippen LogP contribution in [0.25, 0.3) is 27.8 Å². The Balaban J connectivity index is 1.93. The molecule has 8 heteroatoms. The van der Waals surface area contributed by atoms with Crippen molar-refractivity contribution in [1.29, 1.82) is 0 Å². The molecule has 2 heterocycles. The number of hydrogen-bond donors (Lipinski definition) is 0. The van der Waals surface area contributed by atoms with Gasteiger partial charge < -0.3 is 9.64 Å². The molecule has 0 aliphatic rings. The Hall–Kier alpha value is -4.07. The summed E-state index contributed by atoms with van der Waals surface area (Å²) in [6.45, 7) is 2.02. The molecule has 4 rings (SSSR count). The zero-order valence-corrected chi connectivity index (χ0v) is 17.6. The molecule has 156 valence electrons. The first kappa shape index (κ1) is 20.2. The van der Waals surface area contributed by atoms with E-state index >= 15 is 0 Å². The summed E-state index contributed by atoms with van der Waals surface area (Å²) in [5.74, 6) is 0.327. The van der Waals surface area contributed by atoms with E-state index in [1.807, 2.05) is 68.7 Å². The molecule has 0 bridgehead atoms. The van der Waals surface area contributed by atoms with E-state index in [-0.39, 0.29) is 12.2 Å². The highest BCUT2D eigenvalue weighted by atomic mass is 16.5. The maximum atomic E-state index is 12.5. The molecule has 8 nitrogen and oxygen atoms in total. The van der Waals surface area contributed by atoms with Crippen LogP contribution in [0.1, 0.15) is 17.3 Å². The fourth-order valence-corrected chi connectivity index (χ4v) is 3.20. The van der Waals surface area contributed by atoms with Crippen molar-refractivity contribution >= 4 is 28.9 Å². The zero-order valence-electron chi connectivity index (χ0n) is 17.6. The molecule has 0 atom stereocenters. The summed E-state index contributed by atoms with van der Waals surface area (Å²) in [6, 6.07) is 17.7. The van der Waals surface area contributed by atoms with Crippen LogP contribution < -0.4 is 0 Å². The van der Waals surface area contributed by atoms with Crippen LogP contribution in [0.15, 0.2) is 65.8 Å². The summed E-state index contributed by atoms with van der Waals surface area (Å²) in [5.41, 5.74) is 2.00. The monoisotopic (exact) mass is 414 g/mol. The molecule has 0 amide bonds. The van der Waals surface area contributed by atoms with Crippen molar-refractivity contribution in [3.05, 3.63) is 66.4 Å². The van der Waals surface area contributed by atoms with Gasteiger partial charge in [0.05, 0.1) is 19.1 Å². The number of rotatable bonds is 6. The third kappa shape index (κ3) is 4.00. The van der Waals surface area contributed by atoms with Gasteiger partial charge in [0.2, 0.25) is 0 Å². The lowest BCUT2D eigenvalue weighted by Gasteiger charge is -2.11. The van der Waals surface area contributed by atoms with E-state index in [2.05, 4.69) is 20.3 Å². The fourth-order valence-electron chi connectivity index (χ4n) is 3.20. The Bertz CT molecular complexity index is 1250. The molecule has 0 saturated carbocycles. The molecule has 0 fully saturated rings. The topological polar surface area (TPSA) is 85.5 Å². The van der Waals surface area contributed by atoms with Gasteiger partial charge in [0, 0.05) is 30.4 Å². The van der Waals surface area contributed by atoms with Gasteiger partial charge >= 0.3 is 5.97 Å². The lowest BCUT2D eigenvalue weighted by atomic mass is 10.0. The standard InChI is InChI=1S/C23H22N6O2/c1-4-31-23(30)19-14-25-29(21(19)24-15-28(2)3)22-18-13-9-8-12-17(18)20(26-27-22)16-10-6-5-7-11-16/h5-15H,4H2,1-3H3. The van der Waals surface area contributed by atoms with Crippen LogP contribution in [0.4, 0.5) is 5.82 Å². The molecule has 0 saturated heterocycles. The van der Waals surface area contributed by atoms with E-state index < -0.39 is 5.97 Å². The molecule has 0 spiro atoms.